The maximum absolute atomic E-state index is 12.8. The lowest BCUT2D eigenvalue weighted by Gasteiger charge is -2.25. The standard InChI is InChI=1S/C19H29N7O/c1-4-8-26-18(21-14-22-26)16(3)23-19(27)25-10-5-9-24(11-12-25)17-6-7-20-15(2)13-17/h6-7,13-14,16H,4-5,8-12H2,1-3H3,(H,23,27)/t16-/m0/s1. The first-order valence-corrected chi connectivity index (χ1v) is 9.69. The number of hydrogen-bond acceptors (Lipinski definition) is 5. The Morgan fingerprint density at radius 2 is 2.11 bits per heavy atom. The molecule has 2 amide bonds. The Hall–Kier alpha value is -2.64. The van der Waals surface area contributed by atoms with Crippen molar-refractivity contribution >= 4 is 11.7 Å². The molecule has 3 heterocycles. The van der Waals surface area contributed by atoms with Crippen LogP contribution in [0.15, 0.2) is 24.7 Å². The molecule has 3 rings (SSSR count). The van der Waals surface area contributed by atoms with E-state index in [1.807, 2.05) is 35.7 Å². The van der Waals surface area contributed by atoms with Gasteiger partial charge in [-0.25, -0.2) is 14.5 Å². The van der Waals surface area contributed by atoms with Crippen LogP contribution >= 0.6 is 0 Å². The fourth-order valence-corrected chi connectivity index (χ4v) is 3.44. The van der Waals surface area contributed by atoms with E-state index in [0.717, 1.165) is 50.5 Å². The minimum Gasteiger partial charge on any atom is -0.370 e. The van der Waals surface area contributed by atoms with Crippen molar-refractivity contribution in [3.63, 3.8) is 0 Å². The van der Waals surface area contributed by atoms with Gasteiger partial charge in [0.05, 0.1) is 6.04 Å². The minimum absolute atomic E-state index is 0.0405. The van der Waals surface area contributed by atoms with E-state index in [2.05, 4.69) is 38.3 Å². The van der Waals surface area contributed by atoms with Gasteiger partial charge >= 0.3 is 6.03 Å². The van der Waals surface area contributed by atoms with Gasteiger partial charge in [-0.2, -0.15) is 5.10 Å². The summed E-state index contributed by atoms with van der Waals surface area (Å²) in [4.78, 5) is 25.5. The number of aryl methyl sites for hydroxylation is 2. The molecule has 0 aliphatic carbocycles. The topological polar surface area (TPSA) is 79.2 Å². The van der Waals surface area contributed by atoms with Crippen LogP contribution in [0.25, 0.3) is 0 Å². The van der Waals surface area contributed by atoms with Crippen molar-refractivity contribution in [1.82, 2.24) is 30.0 Å². The summed E-state index contributed by atoms with van der Waals surface area (Å²) in [6.45, 7) is 10.1. The number of rotatable bonds is 5. The summed E-state index contributed by atoms with van der Waals surface area (Å²) in [7, 11) is 0. The van der Waals surface area contributed by atoms with Crippen LogP contribution in [-0.2, 0) is 6.54 Å². The second-order valence-corrected chi connectivity index (χ2v) is 7.00. The van der Waals surface area contributed by atoms with Gasteiger partial charge in [-0.15, -0.1) is 0 Å². The Morgan fingerprint density at radius 3 is 2.89 bits per heavy atom. The lowest BCUT2D eigenvalue weighted by atomic mass is 10.3. The normalized spacial score (nSPS) is 16.1. The molecule has 1 saturated heterocycles. The highest BCUT2D eigenvalue weighted by atomic mass is 16.2. The van der Waals surface area contributed by atoms with E-state index in [1.54, 1.807) is 6.33 Å². The highest BCUT2D eigenvalue weighted by Crippen LogP contribution is 2.17. The van der Waals surface area contributed by atoms with Crippen LogP contribution in [0.1, 0.15) is 44.2 Å². The SMILES string of the molecule is CCCn1ncnc1[C@H](C)NC(=O)N1CCCN(c2ccnc(C)c2)CC1. The second-order valence-electron chi connectivity index (χ2n) is 7.00. The third kappa shape index (κ3) is 4.75. The average Bonchev–Trinajstić information content (AvgIpc) is 2.97. The molecular formula is C19H29N7O. The van der Waals surface area contributed by atoms with Crippen LogP contribution < -0.4 is 10.2 Å². The number of pyridine rings is 1. The quantitative estimate of drug-likeness (QED) is 0.873. The van der Waals surface area contributed by atoms with Crippen molar-refractivity contribution in [2.75, 3.05) is 31.1 Å². The van der Waals surface area contributed by atoms with Crippen molar-refractivity contribution in [1.29, 1.82) is 0 Å². The predicted octanol–water partition coefficient (Wildman–Crippen LogP) is 2.37. The number of nitrogens with one attached hydrogen (secondary N) is 1. The van der Waals surface area contributed by atoms with Gasteiger partial charge in [-0.3, -0.25) is 4.98 Å². The van der Waals surface area contributed by atoms with Crippen molar-refractivity contribution in [2.45, 2.75) is 46.2 Å². The van der Waals surface area contributed by atoms with Crippen molar-refractivity contribution < 1.29 is 4.79 Å². The summed E-state index contributed by atoms with van der Waals surface area (Å²) in [5, 5.41) is 7.32. The first-order chi connectivity index (χ1) is 13.1. The van der Waals surface area contributed by atoms with Gasteiger partial charge in [0.15, 0.2) is 0 Å². The number of hydrogen-bond donors (Lipinski definition) is 1. The summed E-state index contributed by atoms with van der Waals surface area (Å²) in [5.41, 5.74) is 2.18. The third-order valence-electron chi connectivity index (χ3n) is 4.84. The molecule has 27 heavy (non-hydrogen) atoms. The summed E-state index contributed by atoms with van der Waals surface area (Å²) in [6, 6.07) is 3.92. The van der Waals surface area contributed by atoms with E-state index >= 15 is 0 Å². The monoisotopic (exact) mass is 371 g/mol. The first kappa shape index (κ1) is 19.1. The third-order valence-corrected chi connectivity index (χ3v) is 4.84. The zero-order valence-corrected chi connectivity index (χ0v) is 16.4. The average molecular weight is 371 g/mol. The van der Waals surface area contributed by atoms with Crippen LogP contribution in [0.4, 0.5) is 10.5 Å². The number of urea groups is 1. The first-order valence-electron chi connectivity index (χ1n) is 9.69. The molecule has 146 valence electrons. The second kappa shape index (κ2) is 8.83. The largest absolute Gasteiger partial charge is 0.370 e. The Bertz CT molecular complexity index is 760. The zero-order valence-electron chi connectivity index (χ0n) is 16.4. The van der Waals surface area contributed by atoms with E-state index in [0.29, 0.717) is 6.54 Å². The summed E-state index contributed by atoms with van der Waals surface area (Å²) in [6.07, 6.45) is 5.31. The number of aromatic nitrogens is 4. The number of carbonyl (C=O) groups excluding carboxylic acids is 1. The smallest absolute Gasteiger partial charge is 0.318 e. The van der Waals surface area contributed by atoms with Gasteiger partial charge < -0.3 is 15.1 Å². The molecule has 1 fully saturated rings. The molecule has 1 aliphatic heterocycles. The molecule has 1 N–H and O–H groups in total. The molecule has 0 spiro atoms. The summed E-state index contributed by atoms with van der Waals surface area (Å²) in [5.74, 6) is 0.800. The number of anilines is 1. The van der Waals surface area contributed by atoms with E-state index in [4.69, 9.17) is 0 Å². The number of amides is 2. The van der Waals surface area contributed by atoms with Gasteiger partial charge in [-0.05, 0) is 38.8 Å². The number of nitrogens with zero attached hydrogens (tertiary/aromatic N) is 6. The molecule has 1 atom stereocenters. The van der Waals surface area contributed by atoms with E-state index in [9.17, 15) is 4.79 Å². The Morgan fingerprint density at radius 1 is 1.26 bits per heavy atom. The molecule has 0 aromatic carbocycles. The number of carbonyl (C=O) groups is 1. The molecule has 1 aliphatic rings. The van der Waals surface area contributed by atoms with Crippen molar-refractivity contribution in [3.8, 4) is 0 Å². The molecule has 2 aromatic rings. The van der Waals surface area contributed by atoms with Crippen LogP contribution in [-0.4, -0.2) is 56.9 Å². The van der Waals surface area contributed by atoms with E-state index < -0.39 is 0 Å². The van der Waals surface area contributed by atoms with Gasteiger partial charge in [0, 0.05) is 50.3 Å². The Balaban J connectivity index is 1.58. The minimum atomic E-state index is -0.172. The maximum Gasteiger partial charge on any atom is 0.318 e. The van der Waals surface area contributed by atoms with Crippen LogP contribution in [0.5, 0.6) is 0 Å². The van der Waals surface area contributed by atoms with Crippen LogP contribution in [0.2, 0.25) is 0 Å². The molecule has 8 heteroatoms. The highest BCUT2D eigenvalue weighted by Gasteiger charge is 2.22. The van der Waals surface area contributed by atoms with Crippen LogP contribution in [0, 0.1) is 6.92 Å². The fraction of sp³-hybridized carbons (Fsp3) is 0.579. The zero-order chi connectivity index (χ0) is 19.2. The highest BCUT2D eigenvalue weighted by molar-refractivity contribution is 5.74. The lowest BCUT2D eigenvalue weighted by molar-refractivity contribution is 0.197. The van der Waals surface area contributed by atoms with E-state index in [-0.39, 0.29) is 12.1 Å². The van der Waals surface area contributed by atoms with Crippen molar-refractivity contribution in [2.24, 2.45) is 0 Å². The fourth-order valence-electron chi connectivity index (χ4n) is 3.44. The molecular weight excluding hydrogens is 342 g/mol. The van der Waals surface area contributed by atoms with Gasteiger partial charge in [0.2, 0.25) is 0 Å². The van der Waals surface area contributed by atoms with Gasteiger partial charge in [-0.1, -0.05) is 6.92 Å². The summed E-state index contributed by atoms with van der Waals surface area (Å²) < 4.78 is 1.86. The molecule has 0 unspecified atom stereocenters. The Kier molecular flexibility index (Phi) is 6.26. The predicted molar refractivity (Wildman–Crippen MR) is 105 cm³/mol. The van der Waals surface area contributed by atoms with Crippen molar-refractivity contribution in [3.05, 3.63) is 36.2 Å². The molecule has 0 bridgehead atoms. The molecule has 2 aromatic heterocycles. The molecule has 8 nitrogen and oxygen atoms in total. The molecule has 0 saturated carbocycles. The van der Waals surface area contributed by atoms with Gasteiger partial charge in [0.1, 0.15) is 12.2 Å². The maximum atomic E-state index is 12.8. The molecule has 0 radical (unpaired) electrons. The van der Waals surface area contributed by atoms with Gasteiger partial charge in [0.25, 0.3) is 0 Å². The Labute approximate surface area is 160 Å². The van der Waals surface area contributed by atoms with Crippen LogP contribution in [0.3, 0.4) is 0 Å². The lowest BCUT2D eigenvalue weighted by Crippen LogP contribution is -2.43. The van der Waals surface area contributed by atoms with E-state index in [1.165, 1.54) is 5.69 Å². The summed E-state index contributed by atoms with van der Waals surface area (Å²) >= 11 is 0.